The van der Waals surface area contributed by atoms with Crippen molar-refractivity contribution < 1.29 is 19.7 Å². The number of aromatic nitrogens is 1. The van der Waals surface area contributed by atoms with Crippen molar-refractivity contribution >= 4 is 11.8 Å². The van der Waals surface area contributed by atoms with Gasteiger partial charge in [0.2, 0.25) is 6.20 Å². The van der Waals surface area contributed by atoms with Crippen molar-refractivity contribution in [2.45, 2.75) is 10.5 Å². The molecule has 0 aromatic carbocycles. The number of rotatable bonds is 4. The fourth-order valence-electron chi connectivity index (χ4n) is 1.45. The Balaban J connectivity index is 2.79. The zero-order valence-corrected chi connectivity index (χ0v) is 10.5. The molecular weight excluding hydrogens is 210 g/mol. The summed E-state index contributed by atoms with van der Waals surface area (Å²) in [6.07, 6.45) is 1.65. The maximum absolute atomic E-state index is 9.60. The first-order valence-corrected chi connectivity index (χ1v) is 5.87. The van der Waals surface area contributed by atoms with Crippen LogP contribution in [-0.2, 0) is 0 Å². The summed E-state index contributed by atoms with van der Waals surface area (Å²) in [6, 6.07) is 5.66. The Bertz CT molecular complexity index is 309. The second-order valence-corrected chi connectivity index (χ2v) is 5.16. The second-order valence-electron chi connectivity index (χ2n) is 4.04. The highest BCUT2D eigenvalue weighted by molar-refractivity contribution is 7.99. The van der Waals surface area contributed by atoms with Gasteiger partial charge in [-0.1, -0.05) is 0 Å². The van der Waals surface area contributed by atoms with E-state index in [2.05, 4.69) is 28.2 Å². The molecule has 1 heterocycles. The van der Waals surface area contributed by atoms with E-state index >= 15 is 0 Å². The maximum atomic E-state index is 9.60. The fourth-order valence-corrected chi connectivity index (χ4v) is 2.48. The van der Waals surface area contributed by atoms with Crippen molar-refractivity contribution in [1.29, 1.82) is 0 Å². The van der Waals surface area contributed by atoms with Crippen LogP contribution >= 0.6 is 11.8 Å². The number of pyridine rings is 1. The molecule has 0 radical (unpaired) electrons. The Morgan fingerprint density at radius 3 is 2.27 bits per heavy atom. The highest BCUT2D eigenvalue weighted by atomic mass is 32.2. The standard InChI is InChI=1S/C10H18N3OS/c1-11(2)10(12(3)4)15-9-7-5-6-8-13(9)14/h5-8,10,14H,1-4H3/q+1/p+2. The van der Waals surface area contributed by atoms with Crippen molar-refractivity contribution in [3.05, 3.63) is 24.4 Å². The lowest BCUT2D eigenvalue weighted by Gasteiger charge is -2.21. The van der Waals surface area contributed by atoms with Gasteiger partial charge in [0.05, 0.1) is 40.0 Å². The van der Waals surface area contributed by atoms with Crippen LogP contribution in [0.3, 0.4) is 0 Å². The molecule has 3 N–H and O–H groups in total. The molecule has 0 unspecified atom stereocenters. The van der Waals surface area contributed by atoms with E-state index in [4.69, 9.17) is 0 Å². The number of hydrogen-bond donors (Lipinski definition) is 3. The molecule has 0 bridgehead atoms. The van der Waals surface area contributed by atoms with E-state index in [9.17, 15) is 5.21 Å². The third kappa shape index (κ3) is 3.37. The lowest BCUT2D eigenvalue weighted by molar-refractivity contribution is -1.07. The van der Waals surface area contributed by atoms with Gasteiger partial charge in [0.1, 0.15) is 0 Å². The summed E-state index contributed by atoms with van der Waals surface area (Å²) in [6.45, 7) is 0. The summed E-state index contributed by atoms with van der Waals surface area (Å²) in [4.78, 5) is 2.70. The first kappa shape index (κ1) is 12.3. The van der Waals surface area contributed by atoms with Crippen LogP contribution in [0.1, 0.15) is 0 Å². The highest BCUT2D eigenvalue weighted by Crippen LogP contribution is 2.11. The van der Waals surface area contributed by atoms with E-state index in [1.807, 2.05) is 18.2 Å². The molecule has 1 aromatic heterocycles. The van der Waals surface area contributed by atoms with E-state index in [-0.39, 0.29) is 0 Å². The molecule has 4 nitrogen and oxygen atoms in total. The molecule has 0 saturated heterocycles. The minimum Gasteiger partial charge on any atom is -0.284 e. The topological polar surface area (TPSA) is 33.0 Å². The summed E-state index contributed by atoms with van der Waals surface area (Å²) in [5.41, 5.74) is 0.366. The number of quaternary nitrogens is 2. The normalized spacial score (nSPS) is 11.7. The van der Waals surface area contributed by atoms with Gasteiger partial charge in [0.25, 0.3) is 5.50 Å². The minimum absolute atomic E-state index is 0.366. The molecule has 0 amide bonds. The van der Waals surface area contributed by atoms with Gasteiger partial charge in [0, 0.05) is 16.9 Å². The zero-order chi connectivity index (χ0) is 11.4. The van der Waals surface area contributed by atoms with Crippen molar-refractivity contribution in [3.8, 4) is 0 Å². The Labute approximate surface area is 95.1 Å². The van der Waals surface area contributed by atoms with Crippen molar-refractivity contribution in [2.24, 2.45) is 0 Å². The van der Waals surface area contributed by atoms with Crippen LogP contribution < -0.4 is 14.5 Å². The smallest absolute Gasteiger partial charge is 0.284 e. The molecule has 5 heteroatoms. The predicted molar refractivity (Wildman–Crippen MR) is 59.1 cm³/mol. The first-order chi connectivity index (χ1) is 7.02. The van der Waals surface area contributed by atoms with Crippen LogP contribution in [-0.4, -0.2) is 38.9 Å². The van der Waals surface area contributed by atoms with Gasteiger partial charge in [-0.05, 0) is 6.07 Å². The number of nitrogens with one attached hydrogen (secondary N) is 2. The van der Waals surface area contributed by atoms with E-state index in [1.165, 1.54) is 14.5 Å². The van der Waals surface area contributed by atoms with Crippen LogP contribution in [0.2, 0.25) is 0 Å². The zero-order valence-electron chi connectivity index (χ0n) is 9.69. The molecule has 1 rings (SSSR count). The summed E-state index contributed by atoms with van der Waals surface area (Å²) in [5, 5.41) is 10.5. The van der Waals surface area contributed by atoms with E-state index in [1.54, 1.807) is 18.0 Å². The van der Waals surface area contributed by atoms with Gasteiger partial charge in [-0.15, -0.1) is 0 Å². The van der Waals surface area contributed by atoms with Crippen LogP contribution in [0, 0.1) is 0 Å². The van der Waals surface area contributed by atoms with Gasteiger partial charge in [-0.2, -0.15) is 0 Å². The quantitative estimate of drug-likeness (QED) is 0.239. The molecule has 0 aliphatic rings. The molecule has 0 spiro atoms. The molecule has 1 aromatic rings. The van der Waals surface area contributed by atoms with E-state index < -0.39 is 0 Å². The Morgan fingerprint density at radius 1 is 1.20 bits per heavy atom. The first-order valence-electron chi connectivity index (χ1n) is 4.99. The number of hydrogen-bond acceptors (Lipinski definition) is 2. The van der Waals surface area contributed by atoms with Crippen LogP contribution in [0.5, 0.6) is 0 Å². The lowest BCUT2D eigenvalue weighted by Crippen LogP contribution is -3.30. The average molecular weight is 230 g/mol. The van der Waals surface area contributed by atoms with Crippen molar-refractivity contribution in [1.82, 2.24) is 0 Å². The Morgan fingerprint density at radius 2 is 1.80 bits per heavy atom. The molecule has 0 aliphatic heterocycles. The predicted octanol–water partition coefficient (Wildman–Crippen LogP) is -2.12. The largest absolute Gasteiger partial charge is 0.302 e. The highest BCUT2D eigenvalue weighted by Gasteiger charge is 2.27. The summed E-state index contributed by atoms with van der Waals surface area (Å²) < 4.78 is 1.17. The van der Waals surface area contributed by atoms with Gasteiger partial charge >= 0.3 is 5.03 Å². The number of thioether (sulfide) groups is 1. The van der Waals surface area contributed by atoms with Gasteiger partial charge in [-0.3, -0.25) is 15.0 Å². The van der Waals surface area contributed by atoms with Crippen LogP contribution in [0.4, 0.5) is 0 Å². The maximum Gasteiger partial charge on any atom is 0.302 e. The monoisotopic (exact) mass is 230 g/mol. The van der Waals surface area contributed by atoms with Crippen molar-refractivity contribution in [3.63, 3.8) is 0 Å². The molecule has 0 atom stereocenters. The minimum atomic E-state index is 0.366. The van der Waals surface area contributed by atoms with Gasteiger partial charge in [0.15, 0.2) is 0 Å². The Kier molecular flexibility index (Phi) is 4.38. The van der Waals surface area contributed by atoms with Gasteiger partial charge < -0.3 is 0 Å². The third-order valence-electron chi connectivity index (χ3n) is 2.09. The van der Waals surface area contributed by atoms with Crippen molar-refractivity contribution in [2.75, 3.05) is 28.2 Å². The fraction of sp³-hybridized carbons (Fsp3) is 0.500. The summed E-state index contributed by atoms with van der Waals surface area (Å²) in [5.74, 6) is 0. The molecular formula is C10H20N3OS+3. The molecule has 0 saturated carbocycles. The third-order valence-corrected chi connectivity index (χ3v) is 3.83. The molecule has 0 aliphatic carbocycles. The average Bonchev–Trinajstić information content (AvgIpc) is 2.15. The summed E-state index contributed by atoms with van der Waals surface area (Å²) in [7, 11) is 8.48. The Hall–Kier alpha value is -0.780. The summed E-state index contributed by atoms with van der Waals surface area (Å²) >= 11 is 1.67. The lowest BCUT2D eigenvalue weighted by atomic mass is 10.5. The SMILES string of the molecule is C[NH+](C)C(Sc1cccc[n+]1O)[NH+](C)C. The second kappa shape index (κ2) is 5.34. The molecule has 0 fully saturated rings. The number of nitrogens with zero attached hydrogens (tertiary/aromatic N) is 1. The van der Waals surface area contributed by atoms with Crippen LogP contribution in [0.15, 0.2) is 29.4 Å². The van der Waals surface area contributed by atoms with E-state index in [0.717, 1.165) is 5.03 Å². The molecule has 15 heavy (non-hydrogen) atoms. The van der Waals surface area contributed by atoms with Gasteiger partial charge in [-0.25, -0.2) is 0 Å². The van der Waals surface area contributed by atoms with Crippen LogP contribution in [0.25, 0.3) is 0 Å². The molecule has 84 valence electrons. The van der Waals surface area contributed by atoms with E-state index in [0.29, 0.717) is 5.50 Å².